The summed E-state index contributed by atoms with van der Waals surface area (Å²) in [6.07, 6.45) is 0. The number of benzene rings is 2. The first-order valence-electron chi connectivity index (χ1n) is 5.48. The van der Waals surface area contributed by atoms with Gasteiger partial charge in [0.25, 0.3) is 0 Å². The second kappa shape index (κ2) is 7.52. The highest BCUT2D eigenvalue weighted by molar-refractivity contribution is 7.79. The van der Waals surface area contributed by atoms with E-state index in [4.69, 9.17) is 17.5 Å². The molecule has 0 spiro atoms. The van der Waals surface area contributed by atoms with E-state index in [9.17, 15) is 0 Å². The molecule has 5 nitrogen and oxygen atoms in total. The highest BCUT2D eigenvalue weighted by Crippen LogP contribution is 2.07. The third kappa shape index (κ3) is 8.78. The molecule has 0 fully saturated rings. The van der Waals surface area contributed by atoms with Crippen molar-refractivity contribution in [2.45, 2.75) is 6.54 Å². The van der Waals surface area contributed by atoms with Gasteiger partial charge in [0, 0.05) is 12.2 Å². The Labute approximate surface area is 112 Å². The lowest BCUT2D eigenvalue weighted by Crippen LogP contribution is -1.98. The molecule has 0 saturated heterocycles. The van der Waals surface area contributed by atoms with Crippen LogP contribution in [0.4, 0.5) is 5.69 Å². The van der Waals surface area contributed by atoms with Gasteiger partial charge in [0.05, 0.1) is 0 Å². The molecule has 0 aliphatic rings. The van der Waals surface area contributed by atoms with E-state index in [0.717, 1.165) is 12.2 Å². The van der Waals surface area contributed by atoms with Gasteiger partial charge in [-0.3, -0.25) is 9.11 Å². The maximum Gasteiger partial charge on any atom is 0.394 e. The van der Waals surface area contributed by atoms with Gasteiger partial charge >= 0.3 is 10.4 Å². The van der Waals surface area contributed by atoms with Crippen molar-refractivity contribution in [1.82, 2.24) is 0 Å². The van der Waals surface area contributed by atoms with Crippen LogP contribution >= 0.6 is 0 Å². The zero-order valence-corrected chi connectivity index (χ0v) is 10.9. The van der Waals surface area contributed by atoms with E-state index >= 15 is 0 Å². The summed E-state index contributed by atoms with van der Waals surface area (Å²) in [5.41, 5.74) is 2.47. The van der Waals surface area contributed by atoms with Crippen LogP contribution in [-0.2, 0) is 16.9 Å². The first-order chi connectivity index (χ1) is 8.95. The lowest BCUT2D eigenvalue weighted by Gasteiger charge is -2.05. The molecule has 0 bridgehead atoms. The molecule has 19 heavy (non-hydrogen) atoms. The van der Waals surface area contributed by atoms with Crippen molar-refractivity contribution in [3.05, 3.63) is 66.2 Å². The zero-order chi connectivity index (χ0) is 14.1. The fourth-order valence-electron chi connectivity index (χ4n) is 1.36. The van der Waals surface area contributed by atoms with Crippen molar-refractivity contribution in [3.63, 3.8) is 0 Å². The van der Waals surface area contributed by atoms with Crippen LogP contribution in [0.15, 0.2) is 60.7 Å². The van der Waals surface area contributed by atoms with Gasteiger partial charge < -0.3 is 5.32 Å². The standard InChI is InChI=1S/C13H13N.H2O4S/c1-3-7-12(8-4-1)11-14-13-9-5-2-6-10-13;1-5(2,3)4/h1-10,14H,11H2;(H2,1,2,3,4). The predicted molar refractivity (Wildman–Crippen MR) is 74.4 cm³/mol. The molecule has 0 aromatic heterocycles. The molecule has 0 saturated carbocycles. The molecule has 0 aliphatic carbocycles. The Morgan fingerprint density at radius 2 is 1.26 bits per heavy atom. The number of hydrogen-bond acceptors (Lipinski definition) is 3. The third-order valence-electron chi connectivity index (χ3n) is 2.11. The van der Waals surface area contributed by atoms with Gasteiger partial charge in [-0.15, -0.1) is 0 Å². The number of anilines is 1. The molecule has 0 unspecified atom stereocenters. The fourth-order valence-corrected chi connectivity index (χ4v) is 1.36. The van der Waals surface area contributed by atoms with Crippen molar-refractivity contribution >= 4 is 16.1 Å². The van der Waals surface area contributed by atoms with E-state index in [1.54, 1.807) is 0 Å². The molecule has 2 aromatic rings. The monoisotopic (exact) mass is 281 g/mol. The predicted octanol–water partition coefficient (Wildman–Crippen LogP) is 2.65. The van der Waals surface area contributed by atoms with Crippen molar-refractivity contribution in [2.24, 2.45) is 0 Å². The highest BCUT2D eigenvalue weighted by Gasteiger charge is 1.90. The number of rotatable bonds is 3. The number of para-hydroxylation sites is 1. The first-order valence-corrected chi connectivity index (χ1v) is 6.87. The summed E-state index contributed by atoms with van der Waals surface area (Å²) < 4.78 is 31.6. The van der Waals surface area contributed by atoms with Crippen molar-refractivity contribution in [3.8, 4) is 0 Å². The van der Waals surface area contributed by atoms with Gasteiger partial charge in [-0.2, -0.15) is 8.42 Å². The van der Waals surface area contributed by atoms with Crippen molar-refractivity contribution in [1.29, 1.82) is 0 Å². The largest absolute Gasteiger partial charge is 0.394 e. The molecule has 2 rings (SSSR count). The van der Waals surface area contributed by atoms with Crippen LogP contribution in [0.2, 0.25) is 0 Å². The summed E-state index contributed by atoms with van der Waals surface area (Å²) in [6.45, 7) is 0.880. The summed E-state index contributed by atoms with van der Waals surface area (Å²) in [4.78, 5) is 0. The minimum absolute atomic E-state index is 0.880. The quantitative estimate of drug-likeness (QED) is 0.753. The zero-order valence-electron chi connectivity index (χ0n) is 10.1. The van der Waals surface area contributed by atoms with E-state index < -0.39 is 10.4 Å². The smallest absolute Gasteiger partial charge is 0.381 e. The fraction of sp³-hybridized carbons (Fsp3) is 0.0769. The summed E-state index contributed by atoms with van der Waals surface area (Å²) in [5.74, 6) is 0. The third-order valence-corrected chi connectivity index (χ3v) is 2.11. The van der Waals surface area contributed by atoms with E-state index in [-0.39, 0.29) is 0 Å². The molecule has 0 aliphatic heterocycles. The summed E-state index contributed by atoms with van der Waals surface area (Å²) in [7, 11) is -4.67. The maximum absolute atomic E-state index is 8.74. The van der Waals surface area contributed by atoms with Crippen LogP contribution in [0, 0.1) is 0 Å². The van der Waals surface area contributed by atoms with E-state index in [1.807, 2.05) is 24.3 Å². The van der Waals surface area contributed by atoms with Gasteiger partial charge in [-0.1, -0.05) is 48.5 Å². The van der Waals surface area contributed by atoms with Crippen LogP contribution in [0.3, 0.4) is 0 Å². The number of hydrogen-bond donors (Lipinski definition) is 3. The molecular formula is C13H15NO4S. The Hall–Kier alpha value is -1.89. The summed E-state index contributed by atoms with van der Waals surface area (Å²) >= 11 is 0. The van der Waals surface area contributed by atoms with Gasteiger partial charge in [0.1, 0.15) is 0 Å². The van der Waals surface area contributed by atoms with Crippen molar-refractivity contribution < 1.29 is 17.5 Å². The van der Waals surface area contributed by atoms with Crippen LogP contribution in [-0.4, -0.2) is 17.5 Å². The van der Waals surface area contributed by atoms with E-state index in [1.165, 1.54) is 5.56 Å². The molecule has 2 aromatic carbocycles. The van der Waals surface area contributed by atoms with Gasteiger partial charge in [-0.05, 0) is 17.7 Å². The molecular weight excluding hydrogens is 266 g/mol. The Kier molecular flexibility index (Phi) is 6.01. The Balaban J connectivity index is 0.000000312. The Morgan fingerprint density at radius 3 is 1.74 bits per heavy atom. The van der Waals surface area contributed by atoms with Crippen LogP contribution in [0.5, 0.6) is 0 Å². The average Bonchev–Trinajstić information content (AvgIpc) is 2.37. The highest BCUT2D eigenvalue weighted by atomic mass is 32.3. The normalized spacial score (nSPS) is 10.2. The first kappa shape index (κ1) is 15.2. The lowest BCUT2D eigenvalue weighted by molar-refractivity contribution is 0.381. The molecule has 0 amide bonds. The molecule has 102 valence electrons. The van der Waals surface area contributed by atoms with Crippen LogP contribution in [0.1, 0.15) is 5.56 Å². The minimum Gasteiger partial charge on any atom is -0.381 e. The Morgan fingerprint density at radius 1 is 0.842 bits per heavy atom. The topological polar surface area (TPSA) is 86.6 Å². The Bertz CT molecular complexity index is 523. The molecule has 0 radical (unpaired) electrons. The summed E-state index contributed by atoms with van der Waals surface area (Å²) in [6, 6.07) is 20.6. The molecule has 0 atom stereocenters. The van der Waals surface area contributed by atoms with Crippen molar-refractivity contribution in [2.75, 3.05) is 5.32 Å². The summed E-state index contributed by atoms with van der Waals surface area (Å²) in [5, 5.41) is 3.36. The van der Waals surface area contributed by atoms with E-state index in [0.29, 0.717) is 0 Å². The second-order valence-corrected chi connectivity index (χ2v) is 4.55. The molecule has 3 N–H and O–H groups in total. The van der Waals surface area contributed by atoms with Gasteiger partial charge in [-0.25, -0.2) is 0 Å². The maximum atomic E-state index is 8.74. The van der Waals surface area contributed by atoms with E-state index in [2.05, 4.69) is 41.7 Å². The minimum atomic E-state index is -4.67. The lowest BCUT2D eigenvalue weighted by atomic mass is 10.2. The van der Waals surface area contributed by atoms with Gasteiger partial charge in [0.15, 0.2) is 0 Å². The number of nitrogens with one attached hydrogen (secondary N) is 1. The van der Waals surface area contributed by atoms with Crippen LogP contribution < -0.4 is 5.32 Å². The average molecular weight is 281 g/mol. The molecule has 0 heterocycles. The molecule has 6 heteroatoms. The van der Waals surface area contributed by atoms with Crippen LogP contribution in [0.25, 0.3) is 0 Å². The second-order valence-electron chi connectivity index (χ2n) is 3.65. The SMILES string of the molecule is O=S(=O)(O)O.c1ccc(CNc2ccccc2)cc1. The van der Waals surface area contributed by atoms with Gasteiger partial charge in [0.2, 0.25) is 0 Å².